The van der Waals surface area contributed by atoms with Crippen LogP contribution in [0.1, 0.15) is 53.9 Å². The average Bonchev–Trinajstić information content (AvgIpc) is 3.42. The van der Waals surface area contributed by atoms with Crippen molar-refractivity contribution in [2.24, 2.45) is 22.2 Å². The Morgan fingerprint density at radius 2 is 1.81 bits per heavy atom. The van der Waals surface area contributed by atoms with Gasteiger partial charge in [-0.25, -0.2) is 0 Å². The number of ketones is 1. The highest BCUT2D eigenvalue weighted by Crippen LogP contribution is 2.81. The summed E-state index contributed by atoms with van der Waals surface area (Å²) < 4.78 is 11.0. The quantitative estimate of drug-likeness (QED) is 0.610. The standard InChI is InChI=1S/C20H26O6/c1-10-14-15(26-12(3)22)17(4,9-25-11(2)21)13-8-20(13,14)16(23)18(5,24)19(10)6-7-19/h13,15,24H,6-9H2,1-5H3/t13-,15-,17-,18+,20+/m1/s1. The molecule has 5 atom stereocenters. The van der Waals surface area contributed by atoms with Crippen molar-refractivity contribution in [2.75, 3.05) is 6.61 Å². The molecule has 1 N–H and O–H groups in total. The number of aliphatic hydroxyl groups is 1. The molecule has 142 valence electrons. The van der Waals surface area contributed by atoms with Crippen molar-refractivity contribution in [3.63, 3.8) is 0 Å². The smallest absolute Gasteiger partial charge is 0.303 e. The second-order valence-corrected chi connectivity index (χ2v) is 9.03. The Morgan fingerprint density at radius 1 is 1.19 bits per heavy atom. The van der Waals surface area contributed by atoms with Crippen LogP contribution in [0.15, 0.2) is 11.1 Å². The largest absolute Gasteiger partial charge is 0.465 e. The molecule has 0 aromatic heterocycles. The number of esters is 2. The summed E-state index contributed by atoms with van der Waals surface area (Å²) in [5.41, 5.74) is -1.54. The molecule has 26 heavy (non-hydrogen) atoms. The van der Waals surface area contributed by atoms with Gasteiger partial charge in [0.2, 0.25) is 0 Å². The molecule has 0 bridgehead atoms. The fourth-order valence-corrected chi connectivity index (χ4v) is 6.06. The van der Waals surface area contributed by atoms with E-state index in [-0.39, 0.29) is 18.3 Å². The second kappa shape index (κ2) is 4.77. The van der Waals surface area contributed by atoms with Crippen LogP contribution in [-0.2, 0) is 23.9 Å². The van der Waals surface area contributed by atoms with Gasteiger partial charge >= 0.3 is 11.9 Å². The lowest BCUT2D eigenvalue weighted by molar-refractivity contribution is -0.157. The summed E-state index contributed by atoms with van der Waals surface area (Å²) in [4.78, 5) is 36.6. The summed E-state index contributed by atoms with van der Waals surface area (Å²) in [6.07, 6.45) is 1.53. The molecule has 0 heterocycles. The minimum atomic E-state index is -1.40. The van der Waals surface area contributed by atoms with Crippen molar-refractivity contribution in [3.05, 3.63) is 11.1 Å². The first-order valence-corrected chi connectivity index (χ1v) is 9.25. The zero-order chi connectivity index (χ0) is 19.3. The highest BCUT2D eigenvalue weighted by molar-refractivity contribution is 6.02. The van der Waals surface area contributed by atoms with Gasteiger partial charge in [-0.15, -0.1) is 0 Å². The van der Waals surface area contributed by atoms with E-state index in [1.165, 1.54) is 13.8 Å². The maximum atomic E-state index is 13.4. The molecule has 0 radical (unpaired) electrons. The highest BCUT2D eigenvalue weighted by atomic mass is 16.6. The van der Waals surface area contributed by atoms with Gasteiger partial charge in [0, 0.05) is 24.7 Å². The van der Waals surface area contributed by atoms with Gasteiger partial charge in [-0.2, -0.15) is 0 Å². The second-order valence-electron chi connectivity index (χ2n) is 9.03. The molecule has 0 aromatic carbocycles. The van der Waals surface area contributed by atoms with Crippen LogP contribution in [0.5, 0.6) is 0 Å². The maximum Gasteiger partial charge on any atom is 0.303 e. The molecule has 0 aromatic rings. The maximum absolute atomic E-state index is 13.4. The molecule has 0 amide bonds. The molecular formula is C20H26O6. The summed E-state index contributed by atoms with van der Waals surface area (Å²) >= 11 is 0. The molecule has 3 fully saturated rings. The molecule has 0 aliphatic heterocycles. The molecular weight excluding hydrogens is 336 g/mol. The lowest BCUT2D eigenvalue weighted by Crippen LogP contribution is -2.54. The third-order valence-corrected chi connectivity index (χ3v) is 7.62. The van der Waals surface area contributed by atoms with Gasteiger partial charge in [-0.3, -0.25) is 14.4 Å². The summed E-state index contributed by atoms with van der Waals surface area (Å²) in [6.45, 7) is 8.31. The number of ether oxygens (including phenoxy) is 2. The van der Waals surface area contributed by atoms with Gasteiger partial charge in [0.25, 0.3) is 0 Å². The summed E-state index contributed by atoms with van der Waals surface area (Å²) in [5, 5.41) is 11.1. The van der Waals surface area contributed by atoms with E-state index in [4.69, 9.17) is 9.47 Å². The van der Waals surface area contributed by atoms with Crippen LogP contribution in [0, 0.1) is 22.2 Å². The first-order valence-electron chi connectivity index (χ1n) is 9.25. The van der Waals surface area contributed by atoms with Crippen LogP contribution >= 0.6 is 0 Å². The van der Waals surface area contributed by atoms with E-state index in [1.54, 1.807) is 6.92 Å². The Hall–Kier alpha value is -1.69. The fourth-order valence-electron chi connectivity index (χ4n) is 6.06. The monoisotopic (exact) mass is 362 g/mol. The predicted octanol–water partition coefficient (Wildman–Crippen LogP) is 1.94. The molecule has 4 aliphatic carbocycles. The van der Waals surface area contributed by atoms with Gasteiger partial charge < -0.3 is 14.6 Å². The lowest BCUT2D eigenvalue weighted by Gasteiger charge is -2.43. The number of carbonyl (C=O) groups excluding carboxylic acids is 3. The zero-order valence-electron chi connectivity index (χ0n) is 16.0. The van der Waals surface area contributed by atoms with E-state index in [0.717, 1.165) is 24.0 Å². The molecule has 0 saturated heterocycles. The van der Waals surface area contributed by atoms with Gasteiger partial charge in [0.05, 0.1) is 5.41 Å². The van der Waals surface area contributed by atoms with E-state index in [1.807, 2.05) is 13.8 Å². The molecule has 4 rings (SSSR count). The summed E-state index contributed by atoms with van der Waals surface area (Å²) in [5.74, 6) is -1.08. The zero-order valence-corrected chi connectivity index (χ0v) is 16.0. The normalized spacial score (nSPS) is 44.5. The number of rotatable bonds is 3. The minimum absolute atomic E-state index is 0.0892. The van der Waals surface area contributed by atoms with Crippen molar-refractivity contribution in [1.29, 1.82) is 0 Å². The first-order chi connectivity index (χ1) is 11.9. The molecule has 4 aliphatic rings. The SMILES string of the molecule is CC(=O)OC[C@@]1(C)[C@H](OC(C)=O)C2=C(C)C3(CC3)[C@@](C)(O)C(=O)[C@]23C[C@@H]31. The summed E-state index contributed by atoms with van der Waals surface area (Å²) in [6, 6.07) is 0. The molecule has 3 saturated carbocycles. The third kappa shape index (κ3) is 1.79. The molecule has 6 heteroatoms. The Balaban J connectivity index is 1.87. The topological polar surface area (TPSA) is 89.9 Å². The van der Waals surface area contributed by atoms with Gasteiger partial charge in [0.15, 0.2) is 5.78 Å². The van der Waals surface area contributed by atoms with Crippen LogP contribution in [0.4, 0.5) is 0 Å². The molecule has 6 nitrogen and oxygen atoms in total. The van der Waals surface area contributed by atoms with Crippen LogP contribution in [0.3, 0.4) is 0 Å². The summed E-state index contributed by atoms with van der Waals surface area (Å²) in [7, 11) is 0. The Morgan fingerprint density at radius 3 is 2.31 bits per heavy atom. The molecule has 0 unspecified atom stereocenters. The van der Waals surface area contributed by atoms with Crippen LogP contribution in [0.2, 0.25) is 0 Å². The van der Waals surface area contributed by atoms with Crippen molar-refractivity contribution < 1.29 is 29.0 Å². The van der Waals surface area contributed by atoms with Crippen molar-refractivity contribution in [2.45, 2.75) is 65.6 Å². The van der Waals surface area contributed by atoms with Crippen molar-refractivity contribution >= 4 is 17.7 Å². The Labute approximate surface area is 152 Å². The number of Topliss-reactive ketones (excluding diaryl/α,β-unsaturated/α-hetero) is 1. The van der Waals surface area contributed by atoms with Crippen LogP contribution in [-0.4, -0.2) is 41.1 Å². The number of hydrogen-bond acceptors (Lipinski definition) is 6. The van der Waals surface area contributed by atoms with Crippen LogP contribution < -0.4 is 0 Å². The molecule has 2 spiro atoms. The third-order valence-electron chi connectivity index (χ3n) is 7.62. The average molecular weight is 362 g/mol. The number of carbonyl (C=O) groups is 3. The van der Waals surface area contributed by atoms with Crippen molar-refractivity contribution in [1.82, 2.24) is 0 Å². The predicted molar refractivity (Wildman–Crippen MR) is 90.8 cm³/mol. The van der Waals surface area contributed by atoms with Gasteiger partial charge in [0.1, 0.15) is 18.3 Å². The van der Waals surface area contributed by atoms with E-state index in [9.17, 15) is 19.5 Å². The highest BCUT2D eigenvalue weighted by Gasteiger charge is 2.84. The van der Waals surface area contributed by atoms with E-state index < -0.39 is 39.9 Å². The van der Waals surface area contributed by atoms with Gasteiger partial charge in [-0.1, -0.05) is 12.5 Å². The lowest BCUT2D eigenvalue weighted by atomic mass is 9.63. The van der Waals surface area contributed by atoms with Crippen LogP contribution in [0.25, 0.3) is 0 Å². The minimum Gasteiger partial charge on any atom is -0.465 e. The Bertz CT molecular complexity index is 773. The van der Waals surface area contributed by atoms with E-state index >= 15 is 0 Å². The van der Waals surface area contributed by atoms with Gasteiger partial charge in [-0.05, 0) is 44.6 Å². The van der Waals surface area contributed by atoms with E-state index in [2.05, 4.69) is 0 Å². The fraction of sp³-hybridized carbons (Fsp3) is 0.750. The Kier molecular flexibility index (Phi) is 3.25. The number of hydrogen-bond donors (Lipinski definition) is 1. The first kappa shape index (κ1) is 17.7. The van der Waals surface area contributed by atoms with Crippen molar-refractivity contribution in [3.8, 4) is 0 Å². The van der Waals surface area contributed by atoms with E-state index in [0.29, 0.717) is 6.42 Å².